The fraction of sp³-hybridized carbons (Fsp3) is 0.647. The van der Waals surface area contributed by atoms with Crippen LogP contribution in [-0.2, 0) is 4.84 Å². The molecule has 1 aromatic heterocycles. The van der Waals surface area contributed by atoms with Gasteiger partial charge in [-0.05, 0) is 39.8 Å². The number of pyridine rings is 1. The number of carbonyl (C=O) groups excluding carboxylic acids is 1. The standard InChI is InChI=1S/C17H28N6O3/c1-5-22(17(2,3)4)23(25)20-26-14-8-10-21(11-9-14)15-7-6-13(12-19-15)16(18)24/h6-7,12,14H,5,8-11H2,1-4H3,(H2,18,24)/b23-20-. The van der Waals surface area contributed by atoms with Crippen LogP contribution >= 0.6 is 0 Å². The first-order chi connectivity index (χ1) is 12.2. The van der Waals surface area contributed by atoms with Gasteiger partial charge >= 0.3 is 0 Å². The summed E-state index contributed by atoms with van der Waals surface area (Å²) >= 11 is 0. The van der Waals surface area contributed by atoms with E-state index in [1.54, 1.807) is 17.1 Å². The molecule has 26 heavy (non-hydrogen) atoms. The molecule has 0 atom stereocenters. The maximum Gasteiger partial charge on any atom is 0.250 e. The van der Waals surface area contributed by atoms with E-state index in [4.69, 9.17) is 10.6 Å². The van der Waals surface area contributed by atoms with Gasteiger partial charge in [0.15, 0.2) is 0 Å². The number of hydrogen-bond donors (Lipinski definition) is 1. The molecule has 1 amide bonds. The van der Waals surface area contributed by atoms with E-state index in [9.17, 15) is 10.0 Å². The van der Waals surface area contributed by atoms with Gasteiger partial charge in [-0.25, -0.2) is 4.98 Å². The van der Waals surface area contributed by atoms with Gasteiger partial charge in [-0.15, -0.1) is 5.01 Å². The summed E-state index contributed by atoms with van der Waals surface area (Å²) in [5, 5.41) is 17.5. The molecule has 1 saturated heterocycles. The monoisotopic (exact) mass is 364 g/mol. The average molecular weight is 364 g/mol. The van der Waals surface area contributed by atoms with Crippen LogP contribution in [0.5, 0.6) is 0 Å². The fourth-order valence-electron chi connectivity index (χ4n) is 2.91. The fourth-order valence-corrected chi connectivity index (χ4v) is 2.91. The van der Waals surface area contributed by atoms with Crippen molar-refractivity contribution in [2.45, 2.75) is 52.2 Å². The molecule has 0 aliphatic carbocycles. The summed E-state index contributed by atoms with van der Waals surface area (Å²) in [5.74, 6) is 0.303. The number of carbonyl (C=O) groups is 1. The molecule has 9 heteroatoms. The van der Waals surface area contributed by atoms with E-state index in [1.807, 2.05) is 27.7 Å². The molecule has 2 heterocycles. The Morgan fingerprint density at radius 3 is 2.58 bits per heavy atom. The van der Waals surface area contributed by atoms with Crippen molar-refractivity contribution in [2.75, 3.05) is 24.5 Å². The highest BCUT2D eigenvalue weighted by Crippen LogP contribution is 2.20. The van der Waals surface area contributed by atoms with Gasteiger partial charge in [0.2, 0.25) is 11.2 Å². The molecular weight excluding hydrogens is 336 g/mol. The Morgan fingerprint density at radius 2 is 2.12 bits per heavy atom. The van der Waals surface area contributed by atoms with Crippen LogP contribution < -0.4 is 10.6 Å². The Morgan fingerprint density at radius 1 is 1.46 bits per heavy atom. The number of primary amides is 1. The Hall–Kier alpha value is -2.58. The Kier molecular flexibility index (Phi) is 6.23. The van der Waals surface area contributed by atoms with Gasteiger partial charge in [-0.2, -0.15) is 0 Å². The van der Waals surface area contributed by atoms with E-state index in [0.29, 0.717) is 17.1 Å². The second kappa shape index (κ2) is 8.20. The number of piperidine rings is 1. The van der Waals surface area contributed by atoms with E-state index in [1.165, 1.54) is 6.20 Å². The number of aromatic nitrogens is 1. The molecule has 0 unspecified atom stereocenters. The minimum atomic E-state index is -0.490. The first-order valence-electron chi connectivity index (χ1n) is 8.84. The topological polar surface area (TPSA) is 110 Å². The van der Waals surface area contributed by atoms with Crippen LogP contribution in [0.1, 0.15) is 50.9 Å². The zero-order valence-electron chi connectivity index (χ0n) is 15.9. The maximum atomic E-state index is 12.1. The molecule has 0 spiro atoms. The largest absolute Gasteiger partial charge is 0.569 e. The molecule has 2 N–H and O–H groups in total. The van der Waals surface area contributed by atoms with Crippen molar-refractivity contribution in [3.05, 3.63) is 29.1 Å². The summed E-state index contributed by atoms with van der Waals surface area (Å²) < 4.78 is 0. The van der Waals surface area contributed by atoms with Crippen LogP contribution in [0.15, 0.2) is 23.6 Å². The van der Waals surface area contributed by atoms with Crippen molar-refractivity contribution in [2.24, 2.45) is 11.0 Å². The summed E-state index contributed by atoms with van der Waals surface area (Å²) in [6.45, 7) is 9.77. The van der Waals surface area contributed by atoms with Crippen molar-refractivity contribution < 1.29 is 14.6 Å². The molecule has 0 aromatic carbocycles. The number of anilines is 1. The van der Waals surface area contributed by atoms with Gasteiger partial charge in [0.25, 0.3) is 0 Å². The molecular formula is C17H28N6O3. The summed E-state index contributed by atoms with van der Waals surface area (Å²) in [6, 6.07) is 3.46. The highest BCUT2D eigenvalue weighted by atomic mass is 16.7. The minimum absolute atomic E-state index is 0.105. The molecule has 1 aromatic rings. The second-order valence-electron chi connectivity index (χ2n) is 7.28. The molecule has 1 aliphatic rings. The van der Waals surface area contributed by atoms with Crippen molar-refractivity contribution >= 4 is 11.7 Å². The quantitative estimate of drug-likeness (QED) is 0.470. The predicted octanol–water partition coefficient (Wildman–Crippen LogP) is 2.08. The smallest absolute Gasteiger partial charge is 0.250 e. The average Bonchev–Trinajstić information content (AvgIpc) is 2.60. The highest BCUT2D eigenvalue weighted by molar-refractivity contribution is 5.92. The first kappa shape index (κ1) is 19.7. The van der Waals surface area contributed by atoms with Gasteiger partial charge in [-0.3, -0.25) is 4.79 Å². The lowest BCUT2D eigenvalue weighted by Crippen LogP contribution is -2.45. The number of hydrogen-bond acceptors (Lipinski definition) is 6. The minimum Gasteiger partial charge on any atom is -0.569 e. The highest BCUT2D eigenvalue weighted by Gasteiger charge is 2.28. The molecule has 0 bridgehead atoms. The number of hydrazine groups is 1. The zero-order chi connectivity index (χ0) is 19.3. The lowest BCUT2D eigenvalue weighted by molar-refractivity contribution is -0.725. The van der Waals surface area contributed by atoms with Crippen molar-refractivity contribution in [3.63, 3.8) is 0 Å². The molecule has 9 nitrogen and oxygen atoms in total. The van der Waals surface area contributed by atoms with Crippen molar-refractivity contribution in [1.29, 1.82) is 0 Å². The lowest BCUT2D eigenvalue weighted by Gasteiger charge is -2.32. The zero-order valence-corrected chi connectivity index (χ0v) is 15.9. The molecule has 1 fully saturated rings. The van der Waals surface area contributed by atoms with Crippen molar-refractivity contribution in [3.8, 4) is 0 Å². The molecule has 0 radical (unpaired) electrons. The molecule has 0 saturated carbocycles. The van der Waals surface area contributed by atoms with Crippen LogP contribution in [0.3, 0.4) is 0 Å². The summed E-state index contributed by atoms with van der Waals surface area (Å²) in [4.78, 5) is 23.5. The third kappa shape index (κ3) is 4.96. The predicted molar refractivity (Wildman–Crippen MR) is 97.3 cm³/mol. The summed E-state index contributed by atoms with van der Waals surface area (Å²) in [6.07, 6.45) is 2.85. The van der Waals surface area contributed by atoms with E-state index < -0.39 is 5.91 Å². The number of rotatable bonds is 6. The third-order valence-electron chi connectivity index (χ3n) is 4.34. The van der Waals surface area contributed by atoms with E-state index in [0.717, 1.165) is 31.7 Å². The van der Waals surface area contributed by atoms with Crippen LogP contribution in [0.25, 0.3) is 0 Å². The van der Waals surface area contributed by atoms with E-state index in [-0.39, 0.29) is 11.6 Å². The first-order valence-corrected chi connectivity index (χ1v) is 8.84. The summed E-state index contributed by atoms with van der Waals surface area (Å²) in [5.41, 5.74) is 5.29. The van der Waals surface area contributed by atoms with Crippen LogP contribution in [0.2, 0.25) is 0 Å². The Labute approximate surface area is 153 Å². The lowest BCUT2D eigenvalue weighted by atomic mass is 10.1. The second-order valence-corrected chi connectivity index (χ2v) is 7.28. The van der Waals surface area contributed by atoms with Crippen molar-refractivity contribution in [1.82, 2.24) is 9.99 Å². The normalized spacial score (nSPS) is 16.5. The number of nitrogens with two attached hydrogens (primary N) is 1. The third-order valence-corrected chi connectivity index (χ3v) is 4.34. The molecule has 144 valence electrons. The SMILES string of the molecule is CCN(/[N+]([O-])=N/OC1CCN(c2ccc(C(N)=O)cn2)CC1)C(C)(C)C. The number of nitrogens with zero attached hydrogens (tertiary/aromatic N) is 5. The maximum absolute atomic E-state index is 12.1. The Bertz CT molecular complexity index is 633. The van der Waals surface area contributed by atoms with Gasteiger partial charge < -0.3 is 20.7 Å². The van der Waals surface area contributed by atoms with E-state index in [2.05, 4.69) is 15.2 Å². The van der Waals surface area contributed by atoms with Gasteiger partial charge in [0, 0.05) is 32.1 Å². The van der Waals surface area contributed by atoms with Crippen LogP contribution in [-0.4, -0.2) is 52.1 Å². The summed E-state index contributed by atoms with van der Waals surface area (Å²) in [7, 11) is 0. The molecule has 2 rings (SSSR count). The number of amides is 1. The Balaban J connectivity index is 1.88. The van der Waals surface area contributed by atoms with Gasteiger partial charge in [0.1, 0.15) is 11.9 Å². The molecule has 1 aliphatic heterocycles. The van der Waals surface area contributed by atoms with E-state index >= 15 is 0 Å². The van der Waals surface area contributed by atoms with Crippen LogP contribution in [0, 0.1) is 5.21 Å². The van der Waals surface area contributed by atoms with Gasteiger partial charge in [0.05, 0.1) is 22.6 Å². The van der Waals surface area contributed by atoms with Crippen LogP contribution in [0.4, 0.5) is 5.82 Å². The van der Waals surface area contributed by atoms with Gasteiger partial charge in [-0.1, -0.05) is 0 Å².